The molecule has 0 radical (unpaired) electrons. The zero-order chi connectivity index (χ0) is 13.9. The van der Waals surface area contributed by atoms with Gasteiger partial charge >= 0.3 is 0 Å². The molecule has 4 nitrogen and oxygen atoms in total. The highest BCUT2D eigenvalue weighted by Gasteiger charge is 2.29. The maximum Gasteiger partial charge on any atom is 0.216 e. The summed E-state index contributed by atoms with van der Waals surface area (Å²) in [4.78, 5) is 0. The topological polar surface area (TPSA) is 70.0 Å². The van der Waals surface area contributed by atoms with Crippen molar-refractivity contribution in [1.29, 1.82) is 5.26 Å². The molecule has 0 spiro atoms. The van der Waals surface area contributed by atoms with Crippen molar-refractivity contribution in [2.24, 2.45) is 0 Å². The lowest BCUT2D eigenvalue weighted by Crippen LogP contribution is -2.38. The van der Waals surface area contributed by atoms with Gasteiger partial charge in [0.05, 0.1) is 17.4 Å². The Bertz CT molecular complexity index is 595. The molecule has 1 aliphatic carbocycles. The molecule has 102 valence electrons. The SMILES string of the molecule is N#Cc1ccccc1CS(=O)(=O)NC1CCCC1Cl. The maximum absolute atomic E-state index is 12.1. The first-order valence-electron chi connectivity index (χ1n) is 6.14. The van der Waals surface area contributed by atoms with Gasteiger partial charge in [-0.3, -0.25) is 0 Å². The Morgan fingerprint density at radius 2 is 2.11 bits per heavy atom. The maximum atomic E-state index is 12.1. The molecule has 2 rings (SSSR count). The third kappa shape index (κ3) is 3.69. The molecule has 0 aromatic heterocycles. The highest BCUT2D eigenvalue weighted by molar-refractivity contribution is 7.88. The van der Waals surface area contributed by atoms with Crippen LogP contribution in [0.3, 0.4) is 0 Å². The van der Waals surface area contributed by atoms with Crippen LogP contribution in [0.5, 0.6) is 0 Å². The highest BCUT2D eigenvalue weighted by atomic mass is 35.5. The van der Waals surface area contributed by atoms with Gasteiger partial charge in [0.1, 0.15) is 0 Å². The van der Waals surface area contributed by atoms with Crippen molar-refractivity contribution in [1.82, 2.24) is 4.72 Å². The predicted octanol–water partition coefficient (Wildman–Crippen LogP) is 2.14. The van der Waals surface area contributed by atoms with E-state index >= 15 is 0 Å². The number of halogens is 1. The summed E-state index contributed by atoms with van der Waals surface area (Å²) in [6.45, 7) is 0. The molecule has 1 aromatic rings. The molecule has 0 bridgehead atoms. The Morgan fingerprint density at radius 3 is 2.74 bits per heavy atom. The standard InChI is InChI=1S/C13H15ClN2O2S/c14-12-6-3-7-13(12)16-19(17,18)9-11-5-2-1-4-10(11)8-15/h1-2,4-5,12-13,16H,3,6-7,9H2. The summed E-state index contributed by atoms with van der Waals surface area (Å²) < 4.78 is 26.8. The van der Waals surface area contributed by atoms with Crippen LogP contribution in [-0.4, -0.2) is 19.8 Å². The van der Waals surface area contributed by atoms with E-state index in [0.717, 1.165) is 19.3 Å². The van der Waals surface area contributed by atoms with Gasteiger partial charge in [0.15, 0.2) is 0 Å². The van der Waals surface area contributed by atoms with Gasteiger partial charge in [-0.15, -0.1) is 11.6 Å². The second-order valence-electron chi connectivity index (χ2n) is 4.70. The van der Waals surface area contributed by atoms with E-state index in [0.29, 0.717) is 11.1 Å². The van der Waals surface area contributed by atoms with Gasteiger partial charge in [-0.25, -0.2) is 13.1 Å². The summed E-state index contributed by atoms with van der Waals surface area (Å²) in [5.74, 6) is -0.184. The first-order chi connectivity index (χ1) is 9.02. The van der Waals surface area contributed by atoms with E-state index in [1.54, 1.807) is 24.3 Å². The average Bonchev–Trinajstić information content (AvgIpc) is 2.74. The van der Waals surface area contributed by atoms with Gasteiger partial charge in [0.25, 0.3) is 0 Å². The second-order valence-corrected chi connectivity index (χ2v) is 7.01. The van der Waals surface area contributed by atoms with Crippen LogP contribution in [0.4, 0.5) is 0 Å². The van der Waals surface area contributed by atoms with Gasteiger partial charge in [-0.2, -0.15) is 5.26 Å². The molecule has 1 fully saturated rings. The molecule has 1 N–H and O–H groups in total. The molecule has 0 aliphatic heterocycles. The Morgan fingerprint density at radius 1 is 1.37 bits per heavy atom. The van der Waals surface area contributed by atoms with Crippen LogP contribution >= 0.6 is 11.6 Å². The summed E-state index contributed by atoms with van der Waals surface area (Å²) in [6.07, 6.45) is 2.55. The lowest BCUT2D eigenvalue weighted by molar-refractivity contribution is 0.553. The van der Waals surface area contributed by atoms with Crippen LogP contribution in [0.1, 0.15) is 30.4 Å². The van der Waals surface area contributed by atoms with Crippen LogP contribution in [0.2, 0.25) is 0 Å². The molecular formula is C13H15ClN2O2S. The van der Waals surface area contributed by atoms with Crippen LogP contribution in [0.25, 0.3) is 0 Å². The van der Waals surface area contributed by atoms with Gasteiger partial charge < -0.3 is 0 Å². The third-order valence-corrected chi connectivity index (χ3v) is 5.12. The Kier molecular flexibility index (Phi) is 4.46. The van der Waals surface area contributed by atoms with E-state index in [1.165, 1.54) is 0 Å². The first kappa shape index (κ1) is 14.3. The number of hydrogen-bond acceptors (Lipinski definition) is 3. The number of alkyl halides is 1. The minimum Gasteiger partial charge on any atom is -0.212 e. The number of nitrogens with zero attached hydrogens (tertiary/aromatic N) is 1. The molecule has 0 heterocycles. The van der Waals surface area contributed by atoms with E-state index in [2.05, 4.69) is 4.72 Å². The molecule has 0 saturated heterocycles. The fourth-order valence-electron chi connectivity index (χ4n) is 2.28. The zero-order valence-electron chi connectivity index (χ0n) is 10.3. The zero-order valence-corrected chi connectivity index (χ0v) is 11.9. The van der Waals surface area contributed by atoms with Gasteiger partial charge in [0.2, 0.25) is 10.0 Å². The summed E-state index contributed by atoms with van der Waals surface area (Å²) in [6, 6.07) is 8.53. The number of hydrogen-bond donors (Lipinski definition) is 1. The van der Waals surface area contributed by atoms with Gasteiger partial charge in [-0.1, -0.05) is 24.6 Å². The molecule has 19 heavy (non-hydrogen) atoms. The quantitative estimate of drug-likeness (QED) is 0.866. The highest BCUT2D eigenvalue weighted by Crippen LogP contribution is 2.25. The monoisotopic (exact) mass is 298 g/mol. The number of sulfonamides is 1. The molecule has 2 unspecified atom stereocenters. The number of benzene rings is 1. The Hall–Kier alpha value is -1.09. The van der Waals surface area contributed by atoms with Crippen LogP contribution in [-0.2, 0) is 15.8 Å². The van der Waals surface area contributed by atoms with Gasteiger partial charge in [0, 0.05) is 11.4 Å². The van der Waals surface area contributed by atoms with Crippen molar-refractivity contribution in [3.63, 3.8) is 0 Å². The smallest absolute Gasteiger partial charge is 0.212 e. The van der Waals surface area contributed by atoms with Crippen LogP contribution < -0.4 is 4.72 Å². The van der Waals surface area contributed by atoms with Crippen molar-refractivity contribution in [2.75, 3.05) is 0 Å². The number of nitriles is 1. The van der Waals surface area contributed by atoms with Crippen molar-refractivity contribution in [3.05, 3.63) is 35.4 Å². The van der Waals surface area contributed by atoms with Crippen molar-refractivity contribution < 1.29 is 8.42 Å². The molecule has 2 atom stereocenters. The fourth-order valence-corrected chi connectivity index (χ4v) is 4.19. The molecular weight excluding hydrogens is 284 g/mol. The molecule has 1 aromatic carbocycles. The summed E-state index contributed by atoms with van der Waals surface area (Å²) >= 11 is 6.07. The van der Waals surface area contributed by atoms with E-state index in [1.807, 2.05) is 6.07 Å². The van der Waals surface area contributed by atoms with Crippen LogP contribution in [0.15, 0.2) is 24.3 Å². The Labute approximate surface area is 118 Å². The summed E-state index contributed by atoms with van der Waals surface area (Å²) in [5.41, 5.74) is 0.906. The first-order valence-corrected chi connectivity index (χ1v) is 8.23. The fraction of sp³-hybridized carbons (Fsp3) is 0.462. The lowest BCUT2D eigenvalue weighted by atomic mass is 10.1. The lowest BCUT2D eigenvalue weighted by Gasteiger charge is -2.16. The van der Waals surface area contributed by atoms with Crippen molar-refractivity contribution in [2.45, 2.75) is 36.4 Å². The molecule has 6 heteroatoms. The number of nitrogens with one attached hydrogen (secondary N) is 1. The van der Waals surface area contributed by atoms with E-state index < -0.39 is 10.0 Å². The van der Waals surface area contributed by atoms with E-state index in [4.69, 9.17) is 16.9 Å². The number of rotatable bonds is 4. The summed E-state index contributed by atoms with van der Waals surface area (Å²) in [7, 11) is -3.47. The predicted molar refractivity (Wildman–Crippen MR) is 74.2 cm³/mol. The van der Waals surface area contributed by atoms with E-state index in [9.17, 15) is 8.42 Å². The minimum absolute atomic E-state index is 0.138. The van der Waals surface area contributed by atoms with Crippen molar-refractivity contribution >= 4 is 21.6 Å². The van der Waals surface area contributed by atoms with Crippen molar-refractivity contribution in [3.8, 4) is 6.07 Å². The van der Waals surface area contributed by atoms with Crippen LogP contribution in [0, 0.1) is 11.3 Å². The van der Waals surface area contributed by atoms with Gasteiger partial charge in [-0.05, 0) is 24.5 Å². The second kappa shape index (κ2) is 5.91. The molecule has 0 amide bonds. The third-order valence-electron chi connectivity index (χ3n) is 3.25. The summed E-state index contributed by atoms with van der Waals surface area (Å²) in [5, 5.41) is 8.82. The van der Waals surface area contributed by atoms with E-state index in [-0.39, 0.29) is 17.2 Å². The largest absolute Gasteiger partial charge is 0.216 e. The molecule has 1 saturated carbocycles. The minimum atomic E-state index is -3.47. The average molecular weight is 299 g/mol. The normalized spacial score (nSPS) is 23.2. The molecule has 1 aliphatic rings. The Balaban J connectivity index is 2.11.